The van der Waals surface area contributed by atoms with Gasteiger partial charge in [0.2, 0.25) is 0 Å². The number of hydrogen-bond donors (Lipinski definition) is 0. The van der Waals surface area contributed by atoms with Crippen molar-refractivity contribution in [1.82, 2.24) is 0 Å². The first-order chi connectivity index (χ1) is 7.95. The van der Waals surface area contributed by atoms with E-state index in [4.69, 9.17) is 0 Å². The Bertz CT molecular complexity index is 372. The molecule has 1 unspecified atom stereocenters. The van der Waals surface area contributed by atoms with Crippen LogP contribution in [0.5, 0.6) is 0 Å². The first-order valence-corrected chi connectivity index (χ1v) is 6.80. The van der Waals surface area contributed by atoms with Gasteiger partial charge in [0.1, 0.15) is 0 Å². The third-order valence-electron chi connectivity index (χ3n) is 2.04. The lowest BCUT2D eigenvalue weighted by atomic mass is 10.4. The van der Waals surface area contributed by atoms with Gasteiger partial charge in [-0.25, -0.2) is 0 Å². The highest BCUT2D eigenvalue weighted by Gasteiger charge is 1.95. The van der Waals surface area contributed by atoms with Crippen molar-refractivity contribution in [1.29, 1.82) is 0 Å². The predicted octanol–water partition coefficient (Wildman–Crippen LogP) is 4.42. The van der Waals surface area contributed by atoms with Crippen LogP contribution in [0.3, 0.4) is 0 Å². The van der Waals surface area contributed by atoms with Crippen LogP contribution in [0.2, 0.25) is 0 Å². The zero-order chi connectivity index (χ0) is 11.6. The van der Waals surface area contributed by atoms with Crippen LogP contribution in [0.1, 0.15) is 20.3 Å². The van der Waals surface area contributed by atoms with Crippen molar-refractivity contribution in [3.05, 3.63) is 66.0 Å². The van der Waals surface area contributed by atoms with E-state index in [1.165, 1.54) is 10.6 Å². The van der Waals surface area contributed by atoms with Gasteiger partial charge in [0, 0.05) is 0 Å². The molecular formula is C15H19P. The zero-order valence-corrected chi connectivity index (χ0v) is 11.0. The lowest BCUT2D eigenvalue weighted by Crippen LogP contribution is -1.90. The molecule has 1 aromatic rings. The second-order valence-corrected chi connectivity index (χ2v) is 4.58. The fourth-order valence-corrected chi connectivity index (χ4v) is 2.42. The van der Waals surface area contributed by atoms with Crippen LogP contribution in [-0.2, 0) is 0 Å². The number of hydrogen-bond acceptors (Lipinski definition) is 0. The van der Waals surface area contributed by atoms with E-state index in [1.54, 1.807) is 0 Å². The molecule has 0 heterocycles. The van der Waals surface area contributed by atoms with Crippen molar-refractivity contribution < 1.29 is 0 Å². The molecule has 2 rings (SSSR count). The highest BCUT2D eigenvalue weighted by molar-refractivity contribution is 7.52. The maximum absolute atomic E-state index is 2.23. The van der Waals surface area contributed by atoms with Gasteiger partial charge in [0.25, 0.3) is 0 Å². The second-order valence-electron chi connectivity index (χ2n) is 3.18. The number of allylic oxidation sites excluding steroid dienone is 6. The van der Waals surface area contributed by atoms with Gasteiger partial charge in [-0.05, 0) is 17.0 Å². The lowest BCUT2D eigenvalue weighted by molar-refractivity contribution is 1.41. The van der Waals surface area contributed by atoms with Crippen molar-refractivity contribution in [2.75, 3.05) is 0 Å². The van der Waals surface area contributed by atoms with E-state index in [-0.39, 0.29) is 0 Å². The quantitative estimate of drug-likeness (QED) is 0.660. The highest BCUT2D eigenvalue weighted by atomic mass is 31.1. The molecule has 0 saturated carbocycles. The highest BCUT2D eigenvalue weighted by Crippen LogP contribution is 2.25. The van der Waals surface area contributed by atoms with Crippen molar-refractivity contribution >= 4 is 13.9 Å². The molecule has 1 atom stereocenters. The van der Waals surface area contributed by atoms with E-state index < -0.39 is 0 Å². The summed E-state index contributed by atoms with van der Waals surface area (Å²) < 4.78 is 0. The standard InChI is InChI=1S/C13H13P.C2H6/c1-2-5-9-12(8-4-1)14-13-10-6-3-7-11-13;1-2/h1,3-11,14H,2H2;1-2H3. The molecule has 0 bridgehead atoms. The Labute approximate surface area is 101 Å². The van der Waals surface area contributed by atoms with Gasteiger partial charge in [-0.15, -0.1) is 0 Å². The third kappa shape index (κ3) is 4.59. The Morgan fingerprint density at radius 2 is 1.75 bits per heavy atom. The molecule has 1 heteroatoms. The smallest absolute Gasteiger partial charge is 0.0163 e. The Morgan fingerprint density at radius 3 is 2.50 bits per heavy atom. The summed E-state index contributed by atoms with van der Waals surface area (Å²) in [4.78, 5) is 0. The summed E-state index contributed by atoms with van der Waals surface area (Å²) in [5.74, 6) is 0. The molecule has 0 radical (unpaired) electrons. The summed E-state index contributed by atoms with van der Waals surface area (Å²) >= 11 is 0. The Kier molecular flexibility index (Phi) is 6.53. The molecule has 0 aromatic heterocycles. The maximum atomic E-state index is 2.23. The van der Waals surface area contributed by atoms with Crippen molar-refractivity contribution in [3.8, 4) is 0 Å². The largest absolute Gasteiger partial charge is 0.0807 e. The molecule has 16 heavy (non-hydrogen) atoms. The topological polar surface area (TPSA) is 0 Å². The van der Waals surface area contributed by atoms with Crippen LogP contribution in [0.4, 0.5) is 0 Å². The van der Waals surface area contributed by atoms with Crippen molar-refractivity contribution in [2.24, 2.45) is 0 Å². The van der Waals surface area contributed by atoms with Crippen LogP contribution in [0, 0.1) is 0 Å². The maximum Gasteiger partial charge on any atom is -0.0163 e. The first kappa shape index (κ1) is 12.9. The molecule has 0 amide bonds. The summed E-state index contributed by atoms with van der Waals surface area (Å²) in [5.41, 5.74) is 0. The van der Waals surface area contributed by atoms with Crippen molar-refractivity contribution in [3.63, 3.8) is 0 Å². The summed E-state index contributed by atoms with van der Waals surface area (Å²) in [7, 11) is 0.772. The first-order valence-electron chi connectivity index (χ1n) is 5.80. The SMILES string of the molecule is C1=CCC=CC(Pc2ccccc2)=C1.CC. The van der Waals surface area contributed by atoms with Crippen LogP contribution < -0.4 is 5.30 Å². The summed E-state index contributed by atoms with van der Waals surface area (Å²) in [6.45, 7) is 4.00. The van der Waals surface area contributed by atoms with Gasteiger partial charge in [-0.3, -0.25) is 0 Å². The zero-order valence-electron chi connectivity index (χ0n) is 9.98. The average molecular weight is 230 g/mol. The molecule has 1 aliphatic carbocycles. The molecule has 1 aliphatic rings. The minimum atomic E-state index is 0.772. The van der Waals surface area contributed by atoms with Crippen LogP contribution >= 0.6 is 8.58 Å². The molecular weight excluding hydrogens is 211 g/mol. The Morgan fingerprint density at radius 1 is 1.00 bits per heavy atom. The fourth-order valence-electron chi connectivity index (χ4n) is 1.35. The number of benzene rings is 1. The molecule has 0 nitrogen and oxygen atoms in total. The summed E-state index contributed by atoms with van der Waals surface area (Å²) in [5, 5.41) is 2.81. The summed E-state index contributed by atoms with van der Waals surface area (Å²) in [6.07, 6.45) is 12.0. The Balaban J connectivity index is 0.000000606. The Hall–Kier alpha value is -1.13. The van der Waals surface area contributed by atoms with E-state index in [1.807, 2.05) is 13.8 Å². The lowest BCUT2D eigenvalue weighted by Gasteiger charge is -2.01. The fraction of sp³-hybridized carbons (Fsp3) is 0.200. The van der Waals surface area contributed by atoms with E-state index in [0.717, 1.165) is 15.0 Å². The van der Waals surface area contributed by atoms with E-state index in [0.29, 0.717) is 0 Å². The van der Waals surface area contributed by atoms with Crippen LogP contribution in [-0.4, -0.2) is 0 Å². The number of rotatable bonds is 2. The van der Waals surface area contributed by atoms with Gasteiger partial charge in [-0.2, -0.15) is 0 Å². The van der Waals surface area contributed by atoms with Crippen LogP contribution in [0.25, 0.3) is 0 Å². The normalized spacial score (nSPS) is 14.2. The van der Waals surface area contributed by atoms with Gasteiger partial charge in [0.15, 0.2) is 0 Å². The second kappa shape index (κ2) is 8.07. The molecule has 0 aliphatic heterocycles. The molecule has 0 N–H and O–H groups in total. The van der Waals surface area contributed by atoms with Gasteiger partial charge < -0.3 is 0 Å². The third-order valence-corrected chi connectivity index (χ3v) is 3.29. The van der Waals surface area contributed by atoms with Crippen molar-refractivity contribution in [2.45, 2.75) is 20.3 Å². The van der Waals surface area contributed by atoms with E-state index in [2.05, 4.69) is 60.7 Å². The van der Waals surface area contributed by atoms with Gasteiger partial charge in [-0.1, -0.05) is 83.1 Å². The summed E-state index contributed by atoms with van der Waals surface area (Å²) in [6, 6.07) is 10.6. The van der Waals surface area contributed by atoms with E-state index in [9.17, 15) is 0 Å². The van der Waals surface area contributed by atoms with Gasteiger partial charge >= 0.3 is 0 Å². The predicted molar refractivity (Wildman–Crippen MR) is 76.7 cm³/mol. The molecule has 84 valence electrons. The molecule has 0 spiro atoms. The molecule has 1 aromatic carbocycles. The average Bonchev–Trinajstić information content (AvgIpc) is 2.62. The monoisotopic (exact) mass is 230 g/mol. The minimum Gasteiger partial charge on any atom is -0.0807 e. The molecule has 0 fully saturated rings. The van der Waals surface area contributed by atoms with E-state index >= 15 is 0 Å². The minimum absolute atomic E-state index is 0.772. The van der Waals surface area contributed by atoms with Gasteiger partial charge in [0.05, 0.1) is 0 Å². The van der Waals surface area contributed by atoms with Crippen LogP contribution in [0.15, 0.2) is 66.0 Å². The molecule has 0 saturated heterocycles.